The number of nitrogens with one attached hydrogen (secondary N) is 1. The topological polar surface area (TPSA) is 12.0 Å². The van der Waals surface area contributed by atoms with Crippen LogP contribution in [0.3, 0.4) is 0 Å². The van der Waals surface area contributed by atoms with Crippen molar-refractivity contribution in [2.45, 2.75) is 32.2 Å². The first kappa shape index (κ1) is 11.0. The molecular formula is C10H16ClNS. The molecule has 1 N–H and O–H groups in total. The molecule has 74 valence electrons. The second-order valence-corrected chi connectivity index (χ2v) is 5.13. The molecule has 0 spiro atoms. The van der Waals surface area contributed by atoms with E-state index >= 15 is 0 Å². The number of hydrogen-bond donors (Lipinski definition) is 1. The van der Waals surface area contributed by atoms with E-state index in [1.54, 1.807) is 0 Å². The summed E-state index contributed by atoms with van der Waals surface area (Å²) in [5, 5.41) is 3.53. The van der Waals surface area contributed by atoms with Gasteiger partial charge in [-0.05, 0) is 25.5 Å². The van der Waals surface area contributed by atoms with E-state index in [9.17, 15) is 0 Å². The molecule has 0 amide bonds. The first-order valence-corrected chi connectivity index (χ1v) is 5.90. The molecule has 1 aromatic heterocycles. The van der Waals surface area contributed by atoms with Crippen molar-refractivity contribution >= 4 is 22.9 Å². The third kappa shape index (κ3) is 4.12. The maximum Gasteiger partial charge on any atom is 0.0432 e. The number of rotatable bonds is 5. The highest BCUT2D eigenvalue weighted by Gasteiger charge is 1.99. The van der Waals surface area contributed by atoms with Gasteiger partial charge in [-0.15, -0.1) is 22.9 Å². The van der Waals surface area contributed by atoms with Crippen LogP contribution >= 0.6 is 22.9 Å². The molecule has 1 nitrogen and oxygen atoms in total. The quantitative estimate of drug-likeness (QED) is 0.748. The molecule has 0 saturated carbocycles. The number of thiophene rings is 1. The predicted molar refractivity (Wildman–Crippen MR) is 60.7 cm³/mol. The zero-order valence-corrected chi connectivity index (χ0v) is 9.71. The molecule has 1 unspecified atom stereocenters. The molecule has 0 aliphatic heterocycles. The molecule has 0 bridgehead atoms. The van der Waals surface area contributed by atoms with Crippen LogP contribution < -0.4 is 5.32 Å². The minimum absolute atomic E-state index is 0.214. The third-order valence-corrected chi connectivity index (χ3v) is 3.17. The molecule has 0 fully saturated rings. The summed E-state index contributed by atoms with van der Waals surface area (Å²) < 4.78 is 0. The molecule has 0 radical (unpaired) electrons. The van der Waals surface area contributed by atoms with E-state index in [-0.39, 0.29) is 5.38 Å². The number of aryl methyl sites for hydroxylation is 1. The van der Waals surface area contributed by atoms with Crippen LogP contribution in [-0.4, -0.2) is 11.9 Å². The van der Waals surface area contributed by atoms with Crippen LogP contribution in [0.2, 0.25) is 0 Å². The van der Waals surface area contributed by atoms with Gasteiger partial charge in [0.05, 0.1) is 0 Å². The second-order valence-electron chi connectivity index (χ2n) is 3.13. The Bertz CT molecular complexity index is 245. The summed E-state index contributed by atoms with van der Waals surface area (Å²) in [5.74, 6) is 0. The fourth-order valence-corrected chi connectivity index (χ4v) is 2.14. The van der Waals surface area contributed by atoms with E-state index < -0.39 is 0 Å². The summed E-state index contributed by atoms with van der Waals surface area (Å²) in [6.45, 7) is 6.01. The predicted octanol–water partition coefficient (Wildman–Crippen LogP) is 3.03. The zero-order chi connectivity index (χ0) is 9.68. The van der Waals surface area contributed by atoms with E-state index in [0.717, 1.165) is 19.5 Å². The average Bonchev–Trinajstić information content (AvgIpc) is 2.52. The Morgan fingerprint density at radius 2 is 2.15 bits per heavy atom. The first-order chi connectivity index (χ1) is 6.22. The van der Waals surface area contributed by atoms with Crippen molar-refractivity contribution in [1.82, 2.24) is 5.32 Å². The van der Waals surface area contributed by atoms with Crippen LogP contribution in [0.25, 0.3) is 0 Å². The van der Waals surface area contributed by atoms with Crippen molar-refractivity contribution in [2.24, 2.45) is 0 Å². The fourth-order valence-electron chi connectivity index (χ4n) is 1.10. The molecule has 13 heavy (non-hydrogen) atoms. The summed E-state index contributed by atoms with van der Waals surface area (Å²) in [7, 11) is 0. The van der Waals surface area contributed by atoms with E-state index in [4.69, 9.17) is 11.6 Å². The number of alkyl halides is 1. The average molecular weight is 218 g/mol. The van der Waals surface area contributed by atoms with Crippen molar-refractivity contribution < 1.29 is 0 Å². The van der Waals surface area contributed by atoms with Crippen LogP contribution in [0.4, 0.5) is 0 Å². The van der Waals surface area contributed by atoms with Crippen LogP contribution in [0.1, 0.15) is 23.6 Å². The van der Waals surface area contributed by atoms with Gasteiger partial charge in [0.25, 0.3) is 0 Å². The van der Waals surface area contributed by atoms with Gasteiger partial charge in [0, 0.05) is 28.2 Å². The molecule has 1 aromatic rings. The summed E-state index contributed by atoms with van der Waals surface area (Å²) in [5.41, 5.74) is 0. The van der Waals surface area contributed by atoms with Gasteiger partial charge in [0.15, 0.2) is 0 Å². The Balaban J connectivity index is 2.28. The van der Waals surface area contributed by atoms with Gasteiger partial charge in [0.1, 0.15) is 0 Å². The van der Waals surface area contributed by atoms with Crippen molar-refractivity contribution in [1.29, 1.82) is 0 Å². The van der Waals surface area contributed by atoms with Crippen molar-refractivity contribution in [3.05, 3.63) is 21.9 Å². The van der Waals surface area contributed by atoms with Gasteiger partial charge in [-0.3, -0.25) is 0 Å². The van der Waals surface area contributed by atoms with E-state index in [2.05, 4.69) is 24.4 Å². The number of hydrogen-bond acceptors (Lipinski definition) is 2. The van der Waals surface area contributed by atoms with Crippen LogP contribution in [0.15, 0.2) is 12.1 Å². The van der Waals surface area contributed by atoms with Crippen LogP contribution in [-0.2, 0) is 13.0 Å². The lowest BCUT2D eigenvalue weighted by Crippen LogP contribution is -2.20. The maximum atomic E-state index is 5.82. The lowest BCUT2D eigenvalue weighted by molar-refractivity contribution is 0.686. The van der Waals surface area contributed by atoms with E-state index in [0.29, 0.717) is 0 Å². The summed E-state index contributed by atoms with van der Waals surface area (Å²) >= 11 is 7.70. The molecular weight excluding hydrogens is 202 g/mol. The SMILES string of the molecule is CCc1ccc(CNCC(C)Cl)s1. The van der Waals surface area contributed by atoms with E-state index in [1.165, 1.54) is 9.75 Å². The Morgan fingerprint density at radius 1 is 1.46 bits per heavy atom. The molecule has 1 rings (SSSR count). The standard InChI is InChI=1S/C10H16ClNS/c1-3-9-4-5-10(13-9)7-12-6-8(2)11/h4-5,8,12H,3,6-7H2,1-2H3. The largest absolute Gasteiger partial charge is 0.310 e. The third-order valence-electron chi connectivity index (χ3n) is 1.79. The Kier molecular flexibility index (Phi) is 4.78. The van der Waals surface area contributed by atoms with Gasteiger partial charge >= 0.3 is 0 Å². The van der Waals surface area contributed by atoms with Gasteiger partial charge in [-0.2, -0.15) is 0 Å². The van der Waals surface area contributed by atoms with Gasteiger partial charge in [-0.1, -0.05) is 6.92 Å². The van der Waals surface area contributed by atoms with E-state index in [1.807, 2.05) is 18.3 Å². The normalized spacial score (nSPS) is 13.2. The van der Waals surface area contributed by atoms with Crippen molar-refractivity contribution in [3.63, 3.8) is 0 Å². The Labute approximate surface area is 89.1 Å². The molecule has 0 aliphatic carbocycles. The van der Waals surface area contributed by atoms with Crippen LogP contribution in [0.5, 0.6) is 0 Å². The second kappa shape index (κ2) is 5.63. The maximum absolute atomic E-state index is 5.82. The van der Waals surface area contributed by atoms with Gasteiger partial charge < -0.3 is 5.32 Å². The summed E-state index contributed by atoms with van der Waals surface area (Å²) in [6, 6.07) is 4.39. The smallest absolute Gasteiger partial charge is 0.0432 e. The van der Waals surface area contributed by atoms with Gasteiger partial charge in [-0.25, -0.2) is 0 Å². The molecule has 1 atom stereocenters. The van der Waals surface area contributed by atoms with Crippen molar-refractivity contribution in [2.75, 3.05) is 6.54 Å². The van der Waals surface area contributed by atoms with Crippen LogP contribution in [0, 0.1) is 0 Å². The first-order valence-electron chi connectivity index (χ1n) is 4.64. The molecule has 0 aromatic carbocycles. The molecule has 3 heteroatoms. The monoisotopic (exact) mass is 217 g/mol. The highest BCUT2D eigenvalue weighted by molar-refractivity contribution is 7.11. The summed E-state index contributed by atoms with van der Waals surface area (Å²) in [6.07, 6.45) is 1.14. The highest BCUT2D eigenvalue weighted by atomic mass is 35.5. The minimum atomic E-state index is 0.214. The Morgan fingerprint density at radius 3 is 2.69 bits per heavy atom. The fraction of sp³-hybridized carbons (Fsp3) is 0.600. The lowest BCUT2D eigenvalue weighted by Gasteiger charge is -2.03. The zero-order valence-electron chi connectivity index (χ0n) is 8.14. The molecule has 0 saturated heterocycles. The van der Waals surface area contributed by atoms with Crippen molar-refractivity contribution in [3.8, 4) is 0 Å². The number of halogens is 1. The lowest BCUT2D eigenvalue weighted by atomic mass is 10.3. The Hall–Kier alpha value is -0.0500. The minimum Gasteiger partial charge on any atom is -0.310 e. The van der Waals surface area contributed by atoms with Gasteiger partial charge in [0.2, 0.25) is 0 Å². The molecule has 1 heterocycles. The highest BCUT2D eigenvalue weighted by Crippen LogP contribution is 2.16. The molecule has 0 aliphatic rings. The summed E-state index contributed by atoms with van der Waals surface area (Å²) in [4.78, 5) is 2.85.